The average molecular weight is 373 g/mol. The molecule has 0 saturated carbocycles. The average Bonchev–Trinajstić information content (AvgIpc) is 2.32. The van der Waals surface area contributed by atoms with Crippen LogP contribution in [-0.4, -0.2) is 8.32 Å². The third-order valence-corrected chi connectivity index (χ3v) is 8.86. The maximum atomic E-state index is 13.7. The van der Waals surface area contributed by atoms with Crippen LogP contribution in [0.2, 0.25) is 18.1 Å². The molecule has 114 valence electrons. The van der Waals surface area contributed by atoms with Crippen LogP contribution in [0.15, 0.2) is 4.47 Å². The van der Waals surface area contributed by atoms with Crippen molar-refractivity contribution in [2.24, 2.45) is 0 Å². The van der Waals surface area contributed by atoms with Crippen LogP contribution in [0.25, 0.3) is 0 Å². The van der Waals surface area contributed by atoms with Crippen LogP contribution >= 0.6 is 15.9 Å². The van der Waals surface area contributed by atoms with Crippen molar-refractivity contribution in [2.45, 2.75) is 45.5 Å². The highest BCUT2D eigenvalue weighted by molar-refractivity contribution is 9.10. The molecule has 0 bridgehead atoms. The van der Waals surface area contributed by atoms with Gasteiger partial charge in [0, 0.05) is 0 Å². The van der Waals surface area contributed by atoms with Crippen molar-refractivity contribution >= 4 is 24.2 Å². The summed E-state index contributed by atoms with van der Waals surface area (Å²) < 4.78 is 59.0. The van der Waals surface area contributed by atoms with Gasteiger partial charge in [0.05, 0.1) is 16.6 Å². The van der Waals surface area contributed by atoms with E-state index in [1.807, 2.05) is 33.9 Å². The van der Waals surface area contributed by atoms with Crippen LogP contribution in [0, 0.1) is 23.3 Å². The van der Waals surface area contributed by atoms with Gasteiger partial charge in [0.25, 0.3) is 0 Å². The molecule has 0 aliphatic rings. The van der Waals surface area contributed by atoms with E-state index < -0.39 is 48.2 Å². The van der Waals surface area contributed by atoms with Crippen molar-refractivity contribution in [3.63, 3.8) is 0 Å². The molecular formula is C13H17BrF4OSi. The number of hydrogen-bond acceptors (Lipinski definition) is 1. The molecule has 0 aliphatic carbocycles. The van der Waals surface area contributed by atoms with E-state index in [-0.39, 0.29) is 5.04 Å². The Balaban J connectivity index is 3.13. The monoisotopic (exact) mass is 372 g/mol. The van der Waals surface area contributed by atoms with Crippen molar-refractivity contribution in [3.05, 3.63) is 33.3 Å². The molecule has 0 atom stereocenters. The Morgan fingerprint density at radius 1 is 0.950 bits per heavy atom. The lowest BCUT2D eigenvalue weighted by molar-refractivity contribution is 0.259. The summed E-state index contributed by atoms with van der Waals surface area (Å²) in [5, 5.41) is -0.174. The van der Waals surface area contributed by atoms with Crippen LogP contribution in [0.3, 0.4) is 0 Å². The van der Waals surface area contributed by atoms with Crippen molar-refractivity contribution < 1.29 is 22.0 Å². The van der Waals surface area contributed by atoms with Gasteiger partial charge in [-0.15, -0.1) is 0 Å². The molecular weight excluding hydrogens is 356 g/mol. The molecule has 1 nitrogen and oxygen atoms in total. The van der Waals surface area contributed by atoms with Crippen LogP contribution in [0.4, 0.5) is 17.6 Å². The Morgan fingerprint density at radius 2 is 1.35 bits per heavy atom. The molecule has 0 saturated heterocycles. The first-order chi connectivity index (χ1) is 8.90. The Kier molecular flexibility index (Phi) is 5.09. The third-order valence-electron chi connectivity index (χ3n) is 3.68. The van der Waals surface area contributed by atoms with Crippen LogP contribution in [0.5, 0.6) is 0 Å². The highest BCUT2D eigenvalue weighted by Gasteiger charge is 2.38. The second-order valence-corrected chi connectivity index (χ2v) is 11.7. The fourth-order valence-electron chi connectivity index (χ4n) is 1.25. The fraction of sp³-hybridized carbons (Fsp3) is 0.538. The van der Waals surface area contributed by atoms with Crippen molar-refractivity contribution in [2.75, 3.05) is 0 Å². The summed E-state index contributed by atoms with van der Waals surface area (Å²) in [5.74, 6) is -5.74. The molecule has 20 heavy (non-hydrogen) atoms. The van der Waals surface area contributed by atoms with E-state index in [0.29, 0.717) is 0 Å². The summed E-state index contributed by atoms with van der Waals surface area (Å²) in [5.41, 5.74) is -0.715. The fourth-order valence-corrected chi connectivity index (χ4v) is 2.53. The summed E-state index contributed by atoms with van der Waals surface area (Å²) in [6.07, 6.45) is 0. The van der Waals surface area contributed by atoms with Gasteiger partial charge in [-0.25, -0.2) is 17.6 Å². The van der Waals surface area contributed by atoms with E-state index >= 15 is 0 Å². The zero-order chi connectivity index (χ0) is 15.9. The summed E-state index contributed by atoms with van der Waals surface area (Å²) >= 11 is 2.48. The lowest BCUT2D eigenvalue weighted by atomic mass is 10.2. The largest absolute Gasteiger partial charge is 0.412 e. The lowest BCUT2D eigenvalue weighted by Crippen LogP contribution is -2.40. The minimum Gasteiger partial charge on any atom is -0.412 e. The molecule has 0 N–H and O–H groups in total. The van der Waals surface area contributed by atoms with Gasteiger partial charge >= 0.3 is 0 Å². The highest BCUT2D eigenvalue weighted by Crippen LogP contribution is 2.38. The SMILES string of the molecule is CC(C)(C)[Si](C)(C)OCc1c(F)c(F)c(Br)c(F)c1F. The van der Waals surface area contributed by atoms with E-state index in [1.165, 1.54) is 0 Å². The molecule has 0 unspecified atom stereocenters. The molecule has 0 fully saturated rings. The van der Waals surface area contributed by atoms with Crippen molar-refractivity contribution in [3.8, 4) is 0 Å². The normalized spacial score (nSPS) is 12.9. The molecule has 0 spiro atoms. The second-order valence-electron chi connectivity index (χ2n) is 6.10. The minimum absolute atomic E-state index is 0.174. The van der Waals surface area contributed by atoms with E-state index in [2.05, 4.69) is 15.9 Å². The Hall–Kier alpha value is -0.403. The first kappa shape index (κ1) is 17.6. The van der Waals surface area contributed by atoms with Gasteiger partial charge in [0.2, 0.25) is 0 Å². The van der Waals surface area contributed by atoms with Gasteiger partial charge in [-0.3, -0.25) is 0 Å². The predicted molar refractivity (Wildman–Crippen MR) is 76.0 cm³/mol. The molecule has 0 heterocycles. The number of hydrogen-bond donors (Lipinski definition) is 0. The highest BCUT2D eigenvalue weighted by atomic mass is 79.9. The smallest absolute Gasteiger partial charge is 0.192 e. The van der Waals surface area contributed by atoms with Gasteiger partial charge in [0.15, 0.2) is 31.6 Å². The topological polar surface area (TPSA) is 9.23 Å². The standard InChI is InChI=1S/C13H17BrF4OSi/c1-13(2,3)20(4,5)19-6-7-9(15)11(17)8(14)12(18)10(7)16/h6H2,1-5H3. The van der Waals surface area contributed by atoms with E-state index in [9.17, 15) is 17.6 Å². The zero-order valence-electron chi connectivity index (χ0n) is 12.0. The molecule has 0 amide bonds. The molecule has 0 aliphatic heterocycles. The van der Waals surface area contributed by atoms with Gasteiger partial charge < -0.3 is 4.43 Å². The summed E-state index contributed by atoms with van der Waals surface area (Å²) in [6.45, 7) is 9.14. The summed E-state index contributed by atoms with van der Waals surface area (Å²) in [6, 6.07) is 0. The maximum Gasteiger partial charge on any atom is 0.192 e. The molecule has 1 aromatic carbocycles. The molecule has 7 heteroatoms. The van der Waals surface area contributed by atoms with Crippen molar-refractivity contribution in [1.82, 2.24) is 0 Å². The van der Waals surface area contributed by atoms with Gasteiger partial charge in [-0.05, 0) is 34.1 Å². The van der Waals surface area contributed by atoms with E-state index in [4.69, 9.17) is 4.43 Å². The van der Waals surface area contributed by atoms with Crippen LogP contribution in [0.1, 0.15) is 26.3 Å². The van der Waals surface area contributed by atoms with E-state index in [1.54, 1.807) is 0 Å². The maximum absolute atomic E-state index is 13.7. The van der Waals surface area contributed by atoms with Crippen LogP contribution < -0.4 is 0 Å². The first-order valence-electron chi connectivity index (χ1n) is 6.04. The Labute approximate surface area is 125 Å². The van der Waals surface area contributed by atoms with Gasteiger partial charge in [-0.1, -0.05) is 20.8 Å². The van der Waals surface area contributed by atoms with Gasteiger partial charge in [0.1, 0.15) is 0 Å². The van der Waals surface area contributed by atoms with Gasteiger partial charge in [-0.2, -0.15) is 0 Å². The molecule has 0 aromatic heterocycles. The van der Waals surface area contributed by atoms with Crippen LogP contribution in [-0.2, 0) is 11.0 Å². The molecule has 1 aromatic rings. The first-order valence-corrected chi connectivity index (χ1v) is 9.74. The third kappa shape index (κ3) is 3.25. The lowest BCUT2D eigenvalue weighted by Gasteiger charge is -2.36. The molecule has 0 radical (unpaired) electrons. The Bertz CT molecular complexity index is 497. The minimum atomic E-state index is -2.27. The number of rotatable bonds is 3. The summed E-state index contributed by atoms with van der Waals surface area (Å²) in [7, 11) is -2.27. The zero-order valence-corrected chi connectivity index (χ0v) is 14.6. The van der Waals surface area contributed by atoms with E-state index in [0.717, 1.165) is 0 Å². The quantitative estimate of drug-likeness (QED) is 0.293. The summed E-state index contributed by atoms with van der Waals surface area (Å²) in [4.78, 5) is 0. The second kappa shape index (κ2) is 5.77. The van der Waals surface area contributed by atoms with Crippen molar-refractivity contribution in [1.29, 1.82) is 0 Å². The number of benzene rings is 1. The predicted octanol–water partition coefficient (Wildman–Crippen LogP) is 5.53. The Morgan fingerprint density at radius 3 is 1.70 bits per heavy atom. The molecule has 1 rings (SSSR count). The number of halogens is 5.